The number of hydrogen-bond donors (Lipinski definition) is 1. The summed E-state index contributed by atoms with van der Waals surface area (Å²) in [5.41, 5.74) is 3.18. The molecule has 1 aliphatic heterocycles. The van der Waals surface area contributed by atoms with Crippen LogP contribution in [0.25, 0.3) is 0 Å². The zero-order valence-corrected chi connectivity index (χ0v) is 12.7. The molecule has 2 aromatic heterocycles. The van der Waals surface area contributed by atoms with Gasteiger partial charge in [-0.15, -0.1) is 0 Å². The predicted molar refractivity (Wildman–Crippen MR) is 80.1 cm³/mol. The Kier molecular flexibility index (Phi) is 3.13. The summed E-state index contributed by atoms with van der Waals surface area (Å²) in [6.45, 7) is 4.59. The summed E-state index contributed by atoms with van der Waals surface area (Å²) in [6, 6.07) is 2.61. The van der Waals surface area contributed by atoms with Gasteiger partial charge >= 0.3 is 6.03 Å². The van der Waals surface area contributed by atoms with E-state index in [-0.39, 0.29) is 6.03 Å². The molecular weight excluding hydrogens is 280 g/mol. The lowest BCUT2D eigenvalue weighted by Crippen LogP contribution is -2.44. The van der Waals surface area contributed by atoms with E-state index in [4.69, 9.17) is 0 Å². The van der Waals surface area contributed by atoms with Gasteiger partial charge in [0.05, 0.1) is 43.0 Å². The van der Waals surface area contributed by atoms with Gasteiger partial charge in [-0.3, -0.25) is 4.68 Å². The van der Waals surface area contributed by atoms with Crippen molar-refractivity contribution < 1.29 is 4.79 Å². The number of hydrogen-bond acceptors (Lipinski definition) is 3. The van der Waals surface area contributed by atoms with Crippen LogP contribution in [0.2, 0.25) is 0 Å². The fourth-order valence-electron chi connectivity index (χ4n) is 3.01. The van der Waals surface area contributed by atoms with Crippen molar-refractivity contribution >= 4 is 6.03 Å². The van der Waals surface area contributed by atoms with Crippen LogP contribution in [0.3, 0.4) is 0 Å². The first-order valence-corrected chi connectivity index (χ1v) is 7.77. The number of carbonyl (C=O) groups excluding carboxylic acids is 1. The number of aromatic nitrogens is 4. The number of amides is 2. The van der Waals surface area contributed by atoms with Crippen molar-refractivity contribution in [2.75, 3.05) is 6.54 Å². The Morgan fingerprint density at radius 2 is 2.27 bits per heavy atom. The molecule has 0 bridgehead atoms. The molecule has 0 radical (unpaired) electrons. The van der Waals surface area contributed by atoms with Gasteiger partial charge in [0.25, 0.3) is 0 Å². The van der Waals surface area contributed by atoms with E-state index in [1.54, 1.807) is 0 Å². The summed E-state index contributed by atoms with van der Waals surface area (Å²) >= 11 is 0. The van der Waals surface area contributed by atoms with Crippen LogP contribution < -0.4 is 5.32 Å². The first kappa shape index (κ1) is 13.4. The number of nitrogens with one attached hydrogen (secondary N) is 1. The molecular formula is C15H20N6O. The molecule has 2 amide bonds. The van der Waals surface area contributed by atoms with Gasteiger partial charge in [-0.05, 0) is 25.8 Å². The molecule has 1 N–H and O–H groups in total. The summed E-state index contributed by atoms with van der Waals surface area (Å²) in [5, 5.41) is 7.43. The fourth-order valence-corrected chi connectivity index (χ4v) is 3.01. The fraction of sp³-hybridized carbons (Fsp3) is 0.533. The minimum atomic E-state index is -0.0198. The van der Waals surface area contributed by atoms with E-state index in [2.05, 4.69) is 20.0 Å². The topological polar surface area (TPSA) is 68.0 Å². The molecule has 0 aromatic carbocycles. The van der Waals surface area contributed by atoms with Gasteiger partial charge < -0.3 is 14.8 Å². The largest absolute Gasteiger partial charge is 0.332 e. The number of urea groups is 1. The molecule has 1 saturated carbocycles. The molecule has 7 heteroatoms. The zero-order valence-electron chi connectivity index (χ0n) is 12.7. The van der Waals surface area contributed by atoms with E-state index >= 15 is 0 Å². The zero-order chi connectivity index (χ0) is 15.1. The van der Waals surface area contributed by atoms with Crippen molar-refractivity contribution in [2.24, 2.45) is 0 Å². The molecule has 1 aliphatic carbocycles. The Morgan fingerprint density at radius 1 is 1.41 bits per heavy atom. The average molecular weight is 300 g/mol. The van der Waals surface area contributed by atoms with Gasteiger partial charge in [-0.2, -0.15) is 5.10 Å². The summed E-state index contributed by atoms with van der Waals surface area (Å²) in [4.78, 5) is 18.4. The van der Waals surface area contributed by atoms with Crippen LogP contribution in [0, 0.1) is 6.92 Å². The summed E-state index contributed by atoms with van der Waals surface area (Å²) < 4.78 is 4.16. The molecule has 22 heavy (non-hydrogen) atoms. The van der Waals surface area contributed by atoms with E-state index in [0.717, 1.165) is 23.6 Å². The van der Waals surface area contributed by atoms with E-state index in [1.165, 1.54) is 12.8 Å². The first-order chi connectivity index (χ1) is 10.7. The van der Waals surface area contributed by atoms with Crippen LogP contribution in [0.1, 0.15) is 36.0 Å². The van der Waals surface area contributed by atoms with Crippen molar-refractivity contribution in [1.29, 1.82) is 0 Å². The minimum Gasteiger partial charge on any atom is -0.332 e. The lowest BCUT2D eigenvalue weighted by Gasteiger charge is -2.27. The quantitative estimate of drug-likeness (QED) is 0.933. The van der Waals surface area contributed by atoms with Crippen LogP contribution in [0.4, 0.5) is 4.79 Å². The van der Waals surface area contributed by atoms with E-state index in [0.29, 0.717) is 25.7 Å². The number of aryl methyl sites for hydroxylation is 1. The minimum absolute atomic E-state index is 0.0198. The molecule has 1 fully saturated rings. The van der Waals surface area contributed by atoms with E-state index in [9.17, 15) is 4.79 Å². The second kappa shape index (κ2) is 5.15. The second-order valence-corrected chi connectivity index (χ2v) is 6.10. The lowest BCUT2D eigenvalue weighted by molar-refractivity contribution is 0.180. The van der Waals surface area contributed by atoms with Crippen LogP contribution >= 0.6 is 0 Å². The van der Waals surface area contributed by atoms with E-state index < -0.39 is 0 Å². The van der Waals surface area contributed by atoms with Gasteiger partial charge in [0.1, 0.15) is 0 Å². The van der Waals surface area contributed by atoms with Gasteiger partial charge in [-0.1, -0.05) is 0 Å². The Hall–Kier alpha value is -2.31. The normalized spacial score (nSPS) is 17.4. The molecule has 0 saturated heterocycles. The molecule has 116 valence electrons. The van der Waals surface area contributed by atoms with Crippen LogP contribution in [-0.2, 0) is 19.6 Å². The van der Waals surface area contributed by atoms with Gasteiger partial charge in [0.2, 0.25) is 0 Å². The third-order valence-corrected chi connectivity index (χ3v) is 4.31. The van der Waals surface area contributed by atoms with Crippen molar-refractivity contribution in [3.8, 4) is 0 Å². The predicted octanol–water partition coefficient (Wildman–Crippen LogP) is 1.45. The maximum Gasteiger partial charge on any atom is 0.318 e. The molecule has 0 unspecified atom stereocenters. The third-order valence-electron chi connectivity index (χ3n) is 4.31. The van der Waals surface area contributed by atoms with Crippen molar-refractivity contribution in [3.63, 3.8) is 0 Å². The molecule has 3 heterocycles. The number of imidazole rings is 1. The van der Waals surface area contributed by atoms with Crippen molar-refractivity contribution in [1.82, 2.24) is 29.5 Å². The highest BCUT2D eigenvalue weighted by molar-refractivity contribution is 5.74. The molecule has 2 aliphatic rings. The lowest BCUT2D eigenvalue weighted by atomic mass is 10.3. The van der Waals surface area contributed by atoms with Crippen molar-refractivity contribution in [3.05, 3.63) is 35.7 Å². The highest BCUT2D eigenvalue weighted by Gasteiger charge is 2.26. The van der Waals surface area contributed by atoms with Crippen LogP contribution in [-0.4, -0.2) is 36.8 Å². The standard InChI is InChI=1S/C15H20N6O/c1-11-6-13-9-19(4-5-21(13)18-11)15(22)17-8-14-7-16-10-20(14)12-2-3-12/h6-7,10,12H,2-5,8-9H2,1H3,(H,17,22). The van der Waals surface area contributed by atoms with E-state index in [1.807, 2.05) is 35.1 Å². The van der Waals surface area contributed by atoms with Gasteiger partial charge in [0.15, 0.2) is 0 Å². The Balaban J connectivity index is 1.37. The average Bonchev–Trinajstić information content (AvgIpc) is 3.12. The molecule has 4 rings (SSSR count). The van der Waals surface area contributed by atoms with Crippen LogP contribution in [0.15, 0.2) is 18.6 Å². The van der Waals surface area contributed by atoms with Gasteiger partial charge in [0, 0.05) is 18.8 Å². The number of rotatable bonds is 3. The van der Waals surface area contributed by atoms with Crippen LogP contribution in [0.5, 0.6) is 0 Å². The SMILES string of the molecule is Cc1cc2n(n1)CCN(C(=O)NCc1cncn1C1CC1)C2. The Morgan fingerprint density at radius 3 is 3.09 bits per heavy atom. The monoisotopic (exact) mass is 300 g/mol. The number of nitrogens with zero attached hydrogens (tertiary/aromatic N) is 5. The second-order valence-electron chi connectivity index (χ2n) is 6.10. The smallest absolute Gasteiger partial charge is 0.318 e. The maximum absolute atomic E-state index is 12.4. The maximum atomic E-state index is 12.4. The Labute approximate surface area is 128 Å². The highest BCUT2D eigenvalue weighted by Crippen LogP contribution is 2.35. The highest BCUT2D eigenvalue weighted by atomic mass is 16.2. The molecule has 0 spiro atoms. The molecule has 7 nitrogen and oxygen atoms in total. The summed E-state index contributed by atoms with van der Waals surface area (Å²) in [5.74, 6) is 0. The summed E-state index contributed by atoms with van der Waals surface area (Å²) in [6.07, 6.45) is 6.13. The molecule has 0 atom stereocenters. The molecule has 2 aromatic rings. The van der Waals surface area contributed by atoms with Gasteiger partial charge in [-0.25, -0.2) is 9.78 Å². The van der Waals surface area contributed by atoms with Crippen molar-refractivity contribution in [2.45, 2.75) is 45.4 Å². The number of carbonyl (C=O) groups is 1. The Bertz CT molecular complexity index is 699. The number of fused-ring (bicyclic) bond motifs is 1. The third kappa shape index (κ3) is 2.47. The summed E-state index contributed by atoms with van der Waals surface area (Å²) in [7, 11) is 0. The first-order valence-electron chi connectivity index (χ1n) is 7.77.